The first-order valence-electron chi connectivity index (χ1n) is 5.46. The second kappa shape index (κ2) is 5.53. The van der Waals surface area contributed by atoms with Crippen LogP contribution >= 0.6 is 22.9 Å². The summed E-state index contributed by atoms with van der Waals surface area (Å²) in [6.45, 7) is 1.85. The minimum atomic E-state index is -3.78. The van der Waals surface area contributed by atoms with E-state index in [4.69, 9.17) is 16.7 Å². The molecule has 0 aliphatic heterocycles. The summed E-state index contributed by atoms with van der Waals surface area (Å²) in [4.78, 5) is 12.0. The summed E-state index contributed by atoms with van der Waals surface area (Å²) in [6.07, 6.45) is 0. The van der Waals surface area contributed by atoms with Crippen LogP contribution in [-0.4, -0.2) is 14.3 Å². The first kappa shape index (κ1) is 15.0. The van der Waals surface area contributed by atoms with Gasteiger partial charge in [0, 0.05) is 16.1 Å². The van der Waals surface area contributed by atoms with Gasteiger partial charge in [-0.25, -0.2) is 13.6 Å². The van der Waals surface area contributed by atoms with Crippen molar-refractivity contribution in [3.63, 3.8) is 0 Å². The van der Waals surface area contributed by atoms with E-state index >= 15 is 0 Å². The number of aryl methyl sites for hydroxylation is 1. The Morgan fingerprint density at radius 1 is 1.35 bits per heavy atom. The summed E-state index contributed by atoms with van der Waals surface area (Å²) in [7, 11) is -3.78. The number of anilines is 1. The third-order valence-electron chi connectivity index (χ3n) is 2.55. The minimum absolute atomic E-state index is 0.0513. The summed E-state index contributed by atoms with van der Waals surface area (Å²) >= 11 is 6.86. The molecule has 1 aromatic heterocycles. The Labute approximate surface area is 125 Å². The average Bonchev–Trinajstić information content (AvgIpc) is 2.83. The molecule has 0 atom stereocenters. The maximum atomic E-state index is 12.0. The normalized spacial score (nSPS) is 11.3. The summed E-state index contributed by atoms with van der Waals surface area (Å²) in [5, 5.41) is 9.61. The fourth-order valence-electron chi connectivity index (χ4n) is 1.46. The molecule has 1 heterocycles. The summed E-state index contributed by atoms with van der Waals surface area (Å²) in [5.74, 6) is -0.420. The van der Waals surface area contributed by atoms with E-state index in [1.54, 1.807) is 18.2 Å². The fraction of sp³-hybridized carbons (Fsp3) is 0.0833. The van der Waals surface area contributed by atoms with Crippen molar-refractivity contribution in [3.8, 4) is 0 Å². The van der Waals surface area contributed by atoms with E-state index in [0.29, 0.717) is 10.7 Å². The molecule has 5 nitrogen and oxygen atoms in total. The molecule has 2 rings (SSSR count). The Balaban J connectivity index is 2.20. The number of amides is 1. The molecule has 3 N–H and O–H groups in total. The zero-order valence-electron chi connectivity index (χ0n) is 10.4. The van der Waals surface area contributed by atoms with Gasteiger partial charge in [0.25, 0.3) is 5.91 Å². The van der Waals surface area contributed by atoms with E-state index in [0.717, 1.165) is 16.9 Å². The van der Waals surface area contributed by atoms with Gasteiger partial charge in [-0.1, -0.05) is 17.7 Å². The predicted octanol–water partition coefficient (Wildman–Crippen LogP) is 2.61. The molecule has 1 aromatic carbocycles. The van der Waals surface area contributed by atoms with Crippen molar-refractivity contribution in [2.24, 2.45) is 5.14 Å². The third-order valence-corrected chi connectivity index (χ3v) is 5.34. The van der Waals surface area contributed by atoms with E-state index in [1.165, 1.54) is 11.4 Å². The van der Waals surface area contributed by atoms with Crippen molar-refractivity contribution in [3.05, 3.63) is 45.8 Å². The lowest BCUT2D eigenvalue weighted by Gasteiger charge is -2.05. The standard InChI is InChI=1S/C12H11ClN2O3S2/c1-7-2-3-9(5-10(7)13)15-12(16)8-4-11(19-6-8)20(14,17)18/h2-6H,1H3,(H,15,16)(H2,14,17,18). The van der Waals surface area contributed by atoms with Gasteiger partial charge in [-0.15, -0.1) is 11.3 Å². The predicted molar refractivity (Wildman–Crippen MR) is 79.8 cm³/mol. The van der Waals surface area contributed by atoms with Crippen molar-refractivity contribution < 1.29 is 13.2 Å². The van der Waals surface area contributed by atoms with Gasteiger partial charge in [0.2, 0.25) is 10.0 Å². The lowest BCUT2D eigenvalue weighted by Crippen LogP contribution is -2.12. The number of carbonyl (C=O) groups excluding carboxylic acids is 1. The summed E-state index contributed by atoms with van der Waals surface area (Å²) in [6, 6.07) is 6.36. The highest BCUT2D eigenvalue weighted by molar-refractivity contribution is 7.91. The molecule has 20 heavy (non-hydrogen) atoms. The van der Waals surface area contributed by atoms with Gasteiger partial charge in [-0.2, -0.15) is 0 Å². The molecule has 2 aromatic rings. The van der Waals surface area contributed by atoms with Crippen molar-refractivity contribution >= 4 is 44.6 Å². The second-order valence-corrected chi connectivity index (χ2v) is 7.22. The molecular weight excluding hydrogens is 320 g/mol. The van der Waals surface area contributed by atoms with Gasteiger partial charge < -0.3 is 5.32 Å². The molecule has 0 spiro atoms. The molecule has 106 valence electrons. The van der Waals surface area contributed by atoms with Crippen molar-refractivity contribution in [2.75, 3.05) is 5.32 Å². The highest BCUT2D eigenvalue weighted by Gasteiger charge is 2.15. The summed E-state index contributed by atoms with van der Waals surface area (Å²) in [5.41, 5.74) is 1.67. The number of thiophene rings is 1. The van der Waals surface area contributed by atoms with Crippen LogP contribution in [0.3, 0.4) is 0 Å². The highest BCUT2D eigenvalue weighted by Crippen LogP contribution is 2.22. The average molecular weight is 331 g/mol. The maximum Gasteiger partial charge on any atom is 0.256 e. The highest BCUT2D eigenvalue weighted by atomic mass is 35.5. The largest absolute Gasteiger partial charge is 0.322 e. The van der Waals surface area contributed by atoms with E-state index in [2.05, 4.69) is 5.32 Å². The van der Waals surface area contributed by atoms with Crippen LogP contribution in [0.15, 0.2) is 33.9 Å². The van der Waals surface area contributed by atoms with Crippen LogP contribution < -0.4 is 10.5 Å². The number of carbonyl (C=O) groups is 1. The van der Waals surface area contributed by atoms with Gasteiger partial charge in [-0.05, 0) is 30.7 Å². The zero-order valence-corrected chi connectivity index (χ0v) is 12.8. The van der Waals surface area contributed by atoms with E-state index in [-0.39, 0.29) is 9.77 Å². The molecule has 0 saturated carbocycles. The Morgan fingerprint density at radius 2 is 2.05 bits per heavy atom. The van der Waals surface area contributed by atoms with E-state index in [9.17, 15) is 13.2 Å². The maximum absolute atomic E-state index is 12.0. The number of sulfonamides is 1. The lowest BCUT2D eigenvalue weighted by atomic mass is 10.2. The first-order valence-corrected chi connectivity index (χ1v) is 8.26. The van der Waals surface area contributed by atoms with Gasteiger partial charge in [0.1, 0.15) is 4.21 Å². The molecular formula is C12H11ClN2O3S2. The molecule has 0 unspecified atom stereocenters. The molecule has 0 bridgehead atoms. The van der Waals surface area contributed by atoms with Crippen LogP contribution in [0.4, 0.5) is 5.69 Å². The van der Waals surface area contributed by atoms with Crippen LogP contribution in [-0.2, 0) is 10.0 Å². The Bertz CT molecular complexity index is 769. The monoisotopic (exact) mass is 330 g/mol. The van der Waals surface area contributed by atoms with Crippen LogP contribution in [0.1, 0.15) is 15.9 Å². The lowest BCUT2D eigenvalue weighted by molar-refractivity contribution is 0.102. The molecule has 8 heteroatoms. The number of primary sulfonamides is 1. The van der Waals surface area contributed by atoms with E-state index < -0.39 is 15.9 Å². The number of nitrogens with one attached hydrogen (secondary N) is 1. The minimum Gasteiger partial charge on any atom is -0.322 e. The van der Waals surface area contributed by atoms with Crippen LogP contribution in [0.5, 0.6) is 0 Å². The molecule has 0 radical (unpaired) electrons. The summed E-state index contributed by atoms with van der Waals surface area (Å²) < 4.78 is 22.2. The fourth-order valence-corrected chi connectivity index (χ4v) is 3.22. The van der Waals surface area contributed by atoms with Crippen LogP contribution in [0.2, 0.25) is 5.02 Å². The Morgan fingerprint density at radius 3 is 2.60 bits per heavy atom. The SMILES string of the molecule is Cc1ccc(NC(=O)c2csc(S(N)(=O)=O)c2)cc1Cl. The van der Waals surface area contributed by atoms with Crippen LogP contribution in [0, 0.1) is 6.92 Å². The topological polar surface area (TPSA) is 89.3 Å². The van der Waals surface area contributed by atoms with Gasteiger partial charge in [0.15, 0.2) is 0 Å². The molecule has 0 aliphatic rings. The van der Waals surface area contributed by atoms with Gasteiger partial charge in [0.05, 0.1) is 5.56 Å². The van der Waals surface area contributed by atoms with Gasteiger partial charge >= 0.3 is 0 Å². The molecule has 0 fully saturated rings. The molecule has 0 aliphatic carbocycles. The zero-order chi connectivity index (χ0) is 14.9. The number of benzene rings is 1. The number of rotatable bonds is 3. The van der Waals surface area contributed by atoms with Crippen molar-refractivity contribution in [1.82, 2.24) is 0 Å². The quantitative estimate of drug-likeness (QED) is 0.906. The number of hydrogen-bond acceptors (Lipinski definition) is 4. The van der Waals surface area contributed by atoms with Gasteiger partial charge in [-0.3, -0.25) is 4.79 Å². The third kappa shape index (κ3) is 3.37. The van der Waals surface area contributed by atoms with E-state index in [1.807, 2.05) is 6.92 Å². The smallest absolute Gasteiger partial charge is 0.256 e. The van der Waals surface area contributed by atoms with Crippen LogP contribution in [0.25, 0.3) is 0 Å². The number of nitrogens with two attached hydrogens (primary N) is 1. The molecule has 1 amide bonds. The van der Waals surface area contributed by atoms with Crippen molar-refractivity contribution in [1.29, 1.82) is 0 Å². The number of hydrogen-bond donors (Lipinski definition) is 2. The van der Waals surface area contributed by atoms with Crippen molar-refractivity contribution in [2.45, 2.75) is 11.1 Å². The first-order chi connectivity index (χ1) is 9.27. The second-order valence-electron chi connectivity index (χ2n) is 4.12. The number of halogens is 1. The Hall–Kier alpha value is -1.41. The Kier molecular flexibility index (Phi) is 4.14. The molecule has 0 saturated heterocycles.